The Balaban J connectivity index is 1.88. The summed E-state index contributed by atoms with van der Waals surface area (Å²) in [6.07, 6.45) is 0. The van der Waals surface area contributed by atoms with E-state index in [1.807, 2.05) is 24.3 Å². The Morgan fingerprint density at radius 3 is 2.28 bits per heavy atom. The smallest absolute Gasteiger partial charge is 0.131 e. The van der Waals surface area contributed by atoms with Crippen LogP contribution in [0.5, 0.6) is 0 Å². The fraction of sp³-hybridized carbons (Fsp3) is 0.0500. The maximum atomic E-state index is 14.0. The molecule has 0 aliphatic carbocycles. The van der Waals surface area contributed by atoms with Crippen molar-refractivity contribution in [2.24, 2.45) is 0 Å². The van der Waals surface area contributed by atoms with Gasteiger partial charge in [0.15, 0.2) is 0 Å². The predicted octanol–water partition coefficient (Wildman–Crippen LogP) is 5.17. The molecule has 124 valence electrons. The fourth-order valence-corrected chi connectivity index (χ4v) is 2.92. The predicted molar refractivity (Wildman–Crippen MR) is 90.6 cm³/mol. The van der Waals surface area contributed by atoms with Crippen LogP contribution in [0.1, 0.15) is 5.56 Å². The van der Waals surface area contributed by atoms with Crippen molar-refractivity contribution in [3.8, 4) is 11.3 Å². The van der Waals surface area contributed by atoms with E-state index in [9.17, 15) is 13.2 Å². The van der Waals surface area contributed by atoms with E-state index in [-0.39, 0.29) is 12.4 Å². The van der Waals surface area contributed by atoms with Gasteiger partial charge in [0.2, 0.25) is 0 Å². The molecule has 0 saturated carbocycles. The number of nitrogens with zero attached hydrogens (tertiary/aromatic N) is 2. The Kier molecular flexibility index (Phi) is 3.76. The molecule has 0 radical (unpaired) electrons. The second-order valence-corrected chi connectivity index (χ2v) is 5.77. The van der Waals surface area contributed by atoms with E-state index >= 15 is 0 Å². The summed E-state index contributed by atoms with van der Waals surface area (Å²) in [5.41, 5.74) is 2.62. The highest BCUT2D eigenvalue weighted by molar-refractivity contribution is 5.93. The van der Waals surface area contributed by atoms with Gasteiger partial charge in [-0.25, -0.2) is 13.2 Å². The lowest BCUT2D eigenvalue weighted by molar-refractivity contribution is 0.560. The Bertz CT molecular complexity index is 1050. The van der Waals surface area contributed by atoms with Gasteiger partial charge in [-0.15, -0.1) is 0 Å². The number of rotatable bonds is 3. The molecular weight excluding hydrogens is 325 g/mol. The summed E-state index contributed by atoms with van der Waals surface area (Å²) in [6.45, 7) is 0.146. The third-order valence-electron chi connectivity index (χ3n) is 4.10. The molecule has 0 spiro atoms. The van der Waals surface area contributed by atoms with Crippen LogP contribution < -0.4 is 0 Å². The van der Waals surface area contributed by atoms with Crippen LogP contribution in [0, 0.1) is 17.5 Å². The number of benzene rings is 3. The van der Waals surface area contributed by atoms with E-state index in [1.165, 1.54) is 24.3 Å². The minimum Gasteiger partial charge on any atom is -0.259 e. The van der Waals surface area contributed by atoms with E-state index in [1.54, 1.807) is 16.8 Å². The first kappa shape index (κ1) is 15.4. The highest BCUT2D eigenvalue weighted by Gasteiger charge is 2.15. The van der Waals surface area contributed by atoms with Crippen molar-refractivity contribution in [3.63, 3.8) is 0 Å². The van der Waals surface area contributed by atoms with Crippen LogP contribution in [0.3, 0.4) is 0 Å². The highest BCUT2D eigenvalue weighted by atomic mass is 19.1. The van der Waals surface area contributed by atoms with Crippen LogP contribution in [-0.4, -0.2) is 9.78 Å². The Morgan fingerprint density at radius 1 is 0.800 bits per heavy atom. The number of halogens is 3. The standard InChI is InChI=1S/C20H13F3N2/c21-15-8-5-13(6-9-15)20-17-3-1-2-4-19(17)24-25(20)12-14-7-10-16(22)11-18(14)23/h1-11H,12H2. The normalized spacial score (nSPS) is 11.2. The lowest BCUT2D eigenvalue weighted by Gasteiger charge is -2.09. The molecule has 3 aromatic carbocycles. The van der Waals surface area contributed by atoms with Crippen molar-refractivity contribution in [2.45, 2.75) is 6.54 Å². The number of hydrogen-bond donors (Lipinski definition) is 0. The lowest BCUT2D eigenvalue weighted by atomic mass is 10.1. The van der Waals surface area contributed by atoms with Gasteiger partial charge in [-0.1, -0.05) is 24.3 Å². The van der Waals surface area contributed by atoms with E-state index < -0.39 is 11.6 Å². The third-order valence-corrected chi connectivity index (χ3v) is 4.10. The van der Waals surface area contributed by atoms with Crippen LogP contribution in [-0.2, 0) is 6.54 Å². The van der Waals surface area contributed by atoms with Crippen LogP contribution in [0.15, 0.2) is 66.7 Å². The van der Waals surface area contributed by atoms with Gasteiger partial charge < -0.3 is 0 Å². The molecule has 25 heavy (non-hydrogen) atoms. The summed E-state index contributed by atoms with van der Waals surface area (Å²) in [4.78, 5) is 0. The average molecular weight is 338 g/mol. The quantitative estimate of drug-likeness (QED) is 0.504. The van der Waals surface area contributed by atoms with Crippen molar-refractivity contribution in [1.82, 2.24) is 9.78 Å². The fourth-order valence-electron chi connectivity index (χ4n) is 2.92. The second-order valence-electron chi connectivity index (χ2n) is 5.77. The SMILES string of the molecule is Fc1ccc(-c2c3ccccc3nn2Cc2ccc(F)cc2F)cc1. The van der Waals surface area contributed by atoms with Gasteiger partial charge in [-0.05, 0) is 36.4 Å². The molecule has 0 N–H and O–H groups in total. The van der Waals surface area contributed by atoms with E-state index in [2.05, 4.69) is 5.10 Å². The highest BCUT2D eigenvalue weighted by Crippen LogP contribution is 2.29. The monoisotopic (exact) mass is 338 g/mol. The Hall–Kier alpha value is -3.08. The summed E-state index contributed by atoms with van der Waals surface area (Å²) in [5.74, 6) is -1.57. The Labute approximate surface area is 142 Å². The van der Waals surface area contributed by atoms with Gasteiger partial charge in [-0.2, -0.15) is 5.10 Å². The van der Waals surface area contributed by atoms with Crippen molar-refractivity contribution in [2.75, 3.05) is 0 Å². The first-order valence-corrected chi connectivity index (χ1v) is 7.77. The minimum atomic E-state index is -0.621. The van der Waals surface area contributed by atoms with Crippen molar-refractivity contribution < 1.29 is 13.2 Å². The Morgan fingerprint density at radius 2 is 1.52 bits per heavy atom. The number of fused-ring (bicyclic) bond motifs is 1. The molecule has 0 fully saturated rings. The molecule has 5 heteroatoms. The zero-order valence-corrected chi connectivity index (χ0v) is 13.1. The number of hydrogen-bond acceptors (Lipinski definition) is 1. The largest absolute Gasteiger partial charge is 0.259 e. The molecule has 0 aliphatic rings. The van der Waals surface area contributed by atoms with Gasteiger partial charge >= 0.3 is 0 Å². The van der Waals surface area contributed by atoms with Gasteiger partial charge in [0.05, 0.1) is 17.8 Å². The second kappa shape index (κ2) is 6.09. The molecule has 0 amide bonds. The molecule has 0 unspecified atom stereocenters. The van der Waals surface area contributed by atoms with Crippen molar-refractivity contribution in [1.29, 1.82) is 0 Å². The molecule has 0 atom stereocenters. The molecule has 1 aromatic heterocycles. The first-order valence-electron chi connectivity index (χ1n) is 7.77. The van der Waals surface area contributed by atoms with Gasteiger partial charge in [0.25, 0.3) is 0 Å². The number of aromatic nitrogens is 2. The van der Waals surface area contributed by atoms with E-state index in [0.717, 1.165) is 28.2 Å². The van der Waals surface area contributed by atoms with Gasteiger partial charge in [0, 0.05) is 22.6 Å². The molecule has 1 heterocycles. The van der Waals surface area contributed by atoms with Crippen molar-refractivity contribution >= 4 is 10.9 Å². The van der Waals surface area contributed by atoms with Crippen LogP contribution in [0.2, 0.25) is 0 Å². The minimum absolute atomic E-state index is 0.146. The topological polar surface area (TPSA) is 17.8 Å². The van der Waals surface area contributed by atoms with Gasteiger partial charge in [0.1, 0.15) is 17.5 Å². The summed E-state index contributed by atoms with van der Waals surface area (Å²) in [6, 6.07) is 17.1. The summed E-state index contributed by atoms with van der Waals surface area (Å²) in [7, 11) is 0. The average Bonchev–Trinajstić information content (AvgIpc) is 2.96. The van der Waals surface area contributed by atoms with Gasteiger partial charge in [-0.3, -0.25) is 4.68 Å². The van der Waals surface area contributed by atoms with Crippen LogP contribution in [0.4, 0.5) is 13.2 Å². The zero-order valence-electron chi connectivity index (χ0n) is 13.1. The summed E-state index contributed by atoms with van der Waals surface area (Å²) in [5, 5.41) is 5.42. The molecule has 4 rings (SSSR count). The summed E-state index contributed by atoms with van der Waals surface area (Å²) < 4.78 is 42.1. The van der Waals surface area contributed by atoms with Crippen molar-refractivity contribution in [3.05, 3.63) is 89.7 Å². The summed E-state index contributed by atoms with van der Waals surface area (Å²) >= 11 is 0. The molecule has 0 saturated heterocycles. The zero-order chi connectivity index (χ0) is 17.4. The maximum Gasteiger partial charge on any atom is 0.131 e. The van der Waals surface area contributed by atoms with E-state index in [0.29, 0.717) is 5.56 Å². The molecule has 0 aliphatic heterocycles. The molecule has 4 aromatic rings. The molecule has 0 bridgehead atoms. The lowest BCUT2D eigenvalue weighted by Crippen LogP contribution is -2.06. The maximum absolute atomic E-state index is 14.0. The molecule has 2 nitrogen and oxygen atoms in total. The van der Waals surface area contributed by atoms with E-state index in [4.69, 9.17) is 0 Å². The van der Waals surface area contributed by atoms with Crippen LogP contribution >= 0.6 is 0 Å². The van der Waals surface area contributed by atoms with Crippen LogP contribution in [0.25, 0.3) is 22.2 Å². The molecular formula is C20H13F3N2. The first-order chi connectivity index (χ1) is 12.1. The third kappa shape index (κ3) is 2.89.